The predicted octanol–water partition coefficient (Wildman–Crippen LogP) is 5.03. The Labute approximate surface area is 177 Å². The number of carboxylic acids is 1. The fourth-order valence-electron chi connectivity index (χ4n) is 3.60. The van der Waals surface area contributed by atoms with Crippen molar-refractivity contribution in [1.82, 2.24) is 14.5 Å². The third kappa shape index (κ3) is 3.66. The van der Waals surface area contributed by atoms with E-state index in [1.165, 1.54) is 23.7 Å². The molecule has 3 aromatic heterocycles. The minimum Gasteiger partial charge on any atom is -0.477 e. The van der Waals surface area contributed by atoms with Crippen LogP contribution in [0.25, 0.3) is 21.5 Å². The van der Waals surface area contributed by atoms with Crippen molar-refractivity contribution in [2.24, 2.45) is 0 Å². The average Bonchev–Trinajstić information content (AvgIpc) is 3.26. The molecule has 6 nitrogen and oxygen atoms in total. The molecule has 0 unspecified atom stereocenters. The van der Waals surface area contributed by atoms with Gasteiger partial charge < -0.3 is 15.0 Å². The van der Waals surface area contributed by atoms with Gasteiger partial charge in [0.05, 0.1) is 16.1 Å². The van der Waals surface area contributed by atoms with Crippen LogP contribution in [0.2, 0.25) is 0 Å². The first-order valence-electron chi connectivity index (χ1n) is 9.50. The van der Waals surface area contributed by atoms with Crippen LogP contribution in [0.4, 0.5) is 10.2 Å². The summed E-state index contributed by atoms with van der Waals surface area (Å²) in [5.74, 6) is -0.531. The van der Waals surface area contributed by atoms with Gasteiger partial charge in [0.15, 0.2) is 0 Å². The molecule has 30 heavy (non-hydrogen) atoms. The van der Waals surface area contributed by atoms with E-state index in [1.54, 1.807) is 19.1 Å². The highest BCUT2D eigenvalue weighted by Gasteiger charge is 2.15. The molecule has 0 fully saturated rings. The van der Waals surface area contributed by atoms with Gasteiger partial charge in [-0.1, -0.05) is 6.07 Å². The molecule has 0 spiro atoms. The number of aromatic carboxylic acids is 1. The Hall–Kier alpha value is -3.26. The summed E-state index contributed by atoms with van der Waals surface area (Å²) in [6.45, 7) is 6.86. The standard InChI is InChI=1S/C22H21FN4O2S/c1-12-4-5-16(23)20-15(12)9-14(3)27(20)7-6-24-19-10-17(25-11-26-19)18-8-13(2)21(30-18)22(28)29/h4-5,8-11H,6-7H2,1-3H3,(H,28,29)(H,24,25,26). The number of nitrogens with zero attached hydrogens (tertiary/aromatic N) is 3. The number of benzene rings is 1. The Morgan fingerprint density at radius 3 is 2.70 bits per heavy atom. The number of anilines is 1. The largest absolute Gasteiger partial charge is 0.477 e. The van der Waals surface area contributed by atoms with Gasteiger partial charge in [0.1, 0.15) is 22.8 Å². The zero-order valence-corrected chi connectivity index (χ0v) is 17.7. The van der Waals surface area contributed by atoms with E-state index in [0.29, 0.717) is 40.6 Å². The maximum absolute atomic E-state index is 14.4. The molecule has 0 amide bonds. The predicted molar refractivity (Wildman–Crippen MR) is 117 cm³/mol. The van der Waals surface area contributed by atoms with Crippen molar-refractivity contribution in [3.63, 3.8) is 0 Å². The van der Waals surface area contributed by atoms with E-state index in [9.17, 15) is 14.3 Å². The van der Waals surface area contributed by atoms with Gasteiger partial charge in [-0.15, -0.1) is 11.3 Å². The van der Waals surface area contributed by atoms with Crippen molar-refractivity contribution in [2.75, 3.05) is 11.9 Å². The van der Waals surface area contributed by atoms with Crippen LogP contribution in [0.15, 0.2) is 36.7 Å². The van der Waals surface area contributed by atoms with Crippen LogP contribution in [-0.2, 0) is 6.54 Å². The monoisotopic (exact) mass is 424 g/mol. The number of fused-ring (bicyclic) bond motifs is 1. The van der Waals surface area contributed by atoms with Gasteiger partial charge in [0.2, 0.25) is 0 Å². The van der Waals surface area contributed by atoms with Crippen LogP contribution in [0.1, 0.15) is 26.5 Å². The molecule has 4 aromatic rings. The van der Waals surface area contributed by atoms with Gasteiger partial charge in [-0.05, 0) is 50.1 Å². The first-order valence-corrected chi connectivity index (χ1v) is 10.3. The zero-order valence-electron chi connectivity index (χ0n) is 16.9. The molecule has 3 heterocycles. The third-order valence-corrected chi connectivity index (χ3v) is 6.36. The van der Waals surface area contributed by atoms with Crippen LogP contribution in [0, 0.1) is 26.6 Å². The van der Waals surface area contributed by atoms with E-state index in [4.69, 9.17) is 0 Å². The summed E-state index contributed by atoms with van der Waals surface area (Å²) in [5.41, 5.74) is 4.04. The van der Waals surface area contributed by atoms with Crippen LogP contribution >= 0.6 is 11.3 Å². The van der Waals surface area contributed by atoms with Crippen molar-refractivity contribution in [3.05, 3.63) is 64.2 Å². The smallest absolute Gasteiger partial charge is 0.346 e. The lowest BCUT2D eigenvalue weighted by molar-refractivity contribution is 0.0701. The highest BCUT2D eigenvalue weighted by molar-refractivity contribution is 7.17. The van der Waals surface area contributed by atoms with Crippen LogP contribution in [-0.4, -0.2) is 32.2 Å². The molecular formula is C22H21FN4O2S. The molecule has 0 saturated carbocycles. The first kappa shape index (κ1) is 20.0. The van der Waals surface area contributed by atoms with E-state index < -0.39 is 5.97 Å². The molecule has 0 aliphatic rings. The number of thiophene rings is 1. The van der Waals surface area contributed by atoms with Gasteiger partial charge in [0, 0.05) is 30.2 Å². The summed E-state index contributed by atoms with van der Waals surface area (Å²) in [4.78, 5) is 20.9. The normalized spacial score (nSPS) is 11.2. The topological polar surface area (TPSA) is 80.0 Å². The Balaban J connectivity index is 1.52. The highest BCUT2D eigenvalue weighted by Crippen LogP contribution is 2.31. The lowest BCUT2D eigenvalue weighted by atomic mass is 10.1. The molecule has 0 aliphatic heterocycles. The molecule has 154 valence electrons. The number of rotatable bonds is 6. The zero-order chi connectivity index (χ0) is 21.4. The summed E-state index contributed by atoms with van der Waals surface area (Å²) in [6.07, 6.45) is 1.45. The Kier molecular flexibility index (Phi) is 5.26. The van der Waals surface area contributed by atoms with Crippen molar-refractivity contribution in [2.45, 2.75) is 27.3 Å². The Morgan fingerprint density at radius 1 is 1.17 bits per heavy atom. The maximum Gasteiger partial charge on any atom is 0.346 e. The molecular weight excluding hydrogens is 403 g/mol. The van der Waals surface area contributed by atoms with E-state index in [-0.39, 0.29) is 5.82 Å². The number of carboxylic acid groups (broad SMARTS) is 1. The summed E-state index contributed by atoms with van der Waals surface area (Å²) >= 11 is 1.19. The number of aromatic nitrogens is 3. The fraction of sp³-hybridized carbons (Fsp3) is 0.227. The Bertz CT molecular complexity index is 1260. The van der Waals surface area contributed by atoms with E-state index >= 15 is 0 Å². The summed E-state index contributed by atoms with van der Waals surface area (Å²) in [5, 5.41) is 13.4. The summed E-state index contributed by atoms with van der Waals surface area (Å²) in [7, 11) is 0. The summed E-state index contributed by atoms with van der Waals surface area (Å²) in [6, 6.07) is 8.93. The second-order valence-corrected chi connectivity index (χ2v) is 8.26. The van der Waals surface area contributed by atoms with Crippen LogP contribution in [0.3, 0.4) is 0 Å². The van der Waals surface area contributed by atoms with E-state index in [2.05, 4.69) is 15.3 Å². The SMILES string of the molecule is Cc1cc(-c2cc(NCCn3c(C)cc4c(C)ccc(F)c43)ncn2)sc1C(=O)O. The van der Waals surface area contributed by atoms with Crippen molar-refractivity contribution < 1.29 is 14.3 Å². The third-order valence-electron chi connectivity index (χ3n) is 5.11. The number of hydrogen-bond acceptors (Lipinski definition) is 5. The van der Waals surface area contributed by atoms with Crippen LogP contribution < -0.4 is 5.32 Å². The lowest BCUT2D eigenvalue weighted by Crippen LogP contribution is -2.12. The van der Waals surface area contributed by atoms with Gasteiger partial charge in [-0.3, -0.25) is 0 Å². The summed E-state index contributed by atoms with van der Waals surface area (Å²) < 4.78 is 16.4. The molecule has 2 N–H and O–H groups in total. The van der Waals surface area contributed by atoms with Gasteiger partial charge in [-0.2, -0.15) is 0 Å². The maximum atomic E-state index is 14.4. The van der Waals surface area contributed by atoms with Gasteiger partial charge in [-0.25, -0.2) is 19.2 Å². The lowest BCUT2D eigenvalue weighted by Gasteiger charge is -2.11. The quantitative estimate of drug-likeness (QED) is 0.454. The molecule has 1 aromatic carbocycles. The number of aryl methyl sites for hydroxylation is 3. The average molecular weight is 425 g/mol. The van der Waals surface area contributed by atoms with Crippen molar-refractivity contribution >= 4 is 34.0 Å². The number of hydrogen-bond donors (Lipinski definition) is 2. The first-order chi connectivity index (χ1) is 14.3. The molecule has 0 atom stereocenters. The second kappa shape index (κ2) is 7.87. The fourth-order valence-corrected chi connectivity index (χ4v) is 4.57. The van der Waals surface area contributed by atoms with Crippen LogP contribution in [0.5, 0.6) is 0 Å². The molecule has 0 bridgehead atoms. The van der Waals surface area contributed by atoms with Gasteiger partial charge in [0.25, 0.3) is 0 Å². The molecule has 4 rings (SSSR count). The van der Waals surface area contributed by atoms with Gasteiger partial charge >= 0.3 is 5.97 Å². The Morgan fingerprint density at radius 2 is 1.97 bits per heavy atom. The molecule has 0 radical (unpaired) electrons. The number of nitrogens with one attached hydrogen (secondary N) is 1. The second-order valence-electron chi connectivity index (χ2n) is 7.21. The molecule has 0 aliphatic carbocycles. The van der Waals surface area contributed by atoms with E-state index in [0.717, 1.165) is 21.5 Å². The molecule has 0 saturated heterocycles. The number of carbonyl (C=O) groups is 1. The van der Waals surface area contributed by atoms with Crippen molar-refractivity contribution in [1.29, 1.82) is 0 Å². The highest BCUT2D eigenvalue weighted by atomic mass is 32.1. The minimum absolute atomic E-state index is 0.227. The minimum atomic E-state index is -0.937. The number of halogens is 1. The van der Waals surface area contributed by atoms with Crippen molar-refractivity contribution in [3.8, 4) is 10.6 Å². The van der Waals surface area contributed by atoms with E-state index in [1.807, 2.05) is 30.5 Å². The molecule has 8 heteroatoms.